The Kier molecular flexibility index (Phi) is 6.72. The van der Waals surface area contributed by atoms with Crippen LogP contribution in [0.25, 0.3) is 11.0 Å². The Balaban J connectivity index is 1.67. The van der Waals surface area contributed by atoms with Gasteiger partial charge < -0.3 is 15.2 Å². The predicted molar refractivity (Wildman–Crippen MR) is 119 cm³/mol. The fourth-order valence-electron chi connectivity index (χ4n) is 3.71. The molecule has 1 unspecified atom stereocenters. The van der Waals surface area contributed by atoms with Gasteiger partial charge in [0.05, 0.1) is 27.2 Å². The van der Waals surface area contributed by atoms with E-state index < -0.39 is 41.6 Å². The Morgan fingerprint density at radius 2 is 1.89 bits per heavy atom. The van der Waals surface area contributed by atoms with Crippen LogP contribution in [0, 0.1) is 0 Å². The Morgan fingerprint density at radius 1 is 1.17 bits per heavy atom. The highest BCUT2D eigenvalue weighted by atomic mass is 35.5. The molecule has 186 valence electrons. The van der Waals surface area contributed by atoms with Crippen molar-refractivity contribution in [2.45, 2.75) is 51.0 Å². The fraction of sp³-hybridized carbons (Fsp3) is 0.348. The second-order valence-electron chi connectivity index (χ2n) is 8.16. The van der Waals surface area contributed by atoms with Gasteiger partial charge in [0.25, 0.3) is 18.2 Å². The predicted octanol–water partition coefficient (Wildman–Crippen LogP) is 5.36. The molecule has 2 aromatic carbocycles. The average Bonchev–Trinajstić information content (AvgIpc) is 3.54. The summed E-state index contributed by atoms with van der Waals surface area (Å²) in [6.07, 6.45) is -6.17. The molecule has 0 spiro atoms. The van der Waals surface area contributed by atoms with Gasteiger partial charge in [0, 0.05) is 12.6 Å². The Hall–Kier alpha value is -3.21. The minimum Gasteiger partial charge on any atom is -0.349 e. The van der Waals surface area contributed by atoms with E-state index in [0.717, 1.165) is 31.0 Å². The first kappa shape index (κ1) is 24.9. The number of amides is 2. The molecule has 2 N–H and O–H groups in total. The highest BCUT2D eigenvalue weighted by Crippen LogP contribution is 2.32. The molecule has 4 rings (SSSR count). The minimum absolute atomic E-state index is 0.0888. The summed E-state index contributed by atoms with van der Waals surface area (Å²) in [4.78, 5) is 29.6. The molecule has 2 amide bonds. The number of benzene rings is 2. The van der Waals surface area contributed by atoms with Crippen molar-refractivity contribution in [3.63, 3.8) is 0 Å². The standard InChI is InChI=1S/C23H20ClF5N4O2/c1-2-33-17-10-15(24)14(21(34)30-13-6-7-13)9-16(17)31-20(33)22(35)32-18(19(25)26)11-4-3-5-12(8-11)23(27,28)29/h3-5,8-10,13,18-19H,2,6-7H2,1H3,(H,30,34)(H,32,35). The highest BCUT2D eigenvalue weighted by molar-refractivity contribution is 6.34. The summed E-state index contributed by atoms with van der Waals surface area (Å²) < 4.78 is 68.1. The Labute approximate surface area is 201 Å². The van der Waals surface area contributed by atoms with Crippen molar-refractivity contribution >= 4 is 34.4 Å². The van der Waals surface area contributed by atoms with Crippen molar-refractivity contribution < 1.29 is 31.5 Å². The van der Waals surface area contributed by atoms with E-state index in [4.69, 9.17) is 11.6 Å². The first-order valence-electron chi connectivity index (χ1n) is 10.8. The third-order valence-electron chi connectivity index (χ3n) is 5.63. The van der Waals surface area contributed by atoms with Gasteiger partial charge in [0.1, 0.15) is 6.04 Å². The minimum atomic E-state index is -4.73. The SMILES string of the molecule is CCn1c(C(=O)NC(c2cccc(C(F)(F)F)c2)C(F)F)nc2cc(C(=O)NC3CC3)c(Cl)cc21. The van der Waals surface area contributed by atoms with E-state index in [0.29, 0.717) is 11.6 Å². The van der Waals surface area contributed by atoms with Crippen LogP contribution in [0.3, 0.4) is 0 Å². The second-order valence-corrected chi connectivity index (χ2v) is 8.56. The number of hydrogen-bond donors (Lipinski definition) is 2. The lowest BCUT2D eigenvalue weighted by Crippen LogP contribution is -2.34. The van der Waals surface area contributed by atoms with Crippen LogP contribution in [0.1, 0.15) is 57.9 Å². The monoisotopic (exact) mass is 514 g/mol. The first-order valence-corrected chi connectivity index (χ1v) is 11.1. The molecule has 1 heterocycles. The van der Waals surface area contributed by atoms with E-state index in [1.54, 1.807) is 6.92 Å². The third-order valence-corrected chi connectivity index (χ3v) is 5.94. The van der Waals surface area contributed by atoms with Crippen LogP contribution < -0.4 is 10.6 Å². The number of aromatic nitrogens is 2. The molecule has 1 aliphatic rings. The number of carbonyl (C=O) groups is 2. The molecule has 1 fully saturated rings. The number of aryl methyl sites for hydroxylation is 1. The van der Waals surface area contributed by atoms with Crippen molar-refractivity contribution in [3.05, 3.63) is 63.9 Å². The number of halogens is 6. The number of fused-ring (bicyclic) bond motifs is 1. The maximum atomic E-state index is 13.8. The summed E-state index contributed by atoms with van der Waals surface area (Å²) in [5, 5.41) is 5.03. The Bertz CT molecular complexity index is 1290. The van der Waals surface area contributed by atoms with E-state index in [1.807, 2.05) is 0 Å². The van der Waals surface area contributed by atoms with Crippen LogP contribution in [0.15, 0.2) is 36.4 Å². The molecule has 0 bridgehead atoms. The molecule has 0 aliphatic heterocycles. The van der Waals surface area contributed by atoms with E-state index in [2.05, 4.69) is 15.6 Å². The van der Waals surface area contributed by atoms with Crippen LogP contribution in [-0.4, -0.2) is 33.8 Å². The van der Waals surface area contributed by atoms with E-state index in [1.165, 1.54) is 16.7 Å². The molecule has 1 aliphatic carbocycles. The number of alkyl halides is 5. The van der Waals surface area contributed by atoms with Gasteiger partial charge in [-0.1, -0.05) is 23.7 Å². The van der Waals surface area contributed by atoms with E-state index in [-0.39, 0.29) is 34.5 Å². The highest BCUT2D eigenvalue weighted by Gasteiger charge is 2.33. The van der Waals surface area contributed by atoms with Crippen molar-refractivity contribution in [1.29, 1.82) is 0 Å². The van der Waals surface area contributed by atoms with Crippen molar-refractivity contribution in [1.82, 2.24) is 20.2 Å². The molecule has 1 aromatic heterocycles. The van der Waals surface area contributed by atoms with Crippen LogP contribution in [0.5, 0.6) is 0 Å². The molecule has 1 saturated carbocycles. The van der Waals surface area contributed by atoms with Crippen LogP contribution in [-0.2, 0) is 12.7 Å². The van der Waals surface area contributed by atoms with Gasteiger partial charge in [-0.3, -0.25) is 9.59 Å². The summed E-state index contributed by atoms with van der Waals surface area (Å²) in [7, 11) is 0. The molecule has 0 saturated heterocycles. The summed E-state index contributed by atoms with van der Waals surface area (Å²) in [6, 6.07) is 4.37. The maximum absolute atomic E-state index is 13.8. The summed E-state index contributed by atoms with van der Waals surface area (Å²) in [5.41, 5.74) is -0.701. The largest absolute Gasteiger partial charge is 0.416 e. The normalized spacial score (nSPS) is 14.9. The molecule has 12 heteroatoms. The number of nitrogens with zero attached hydrogens (tertiary/aromatic N) is 2. The number of carbonyl (C=O) groups excluding carboxylic acids is 2. The summed E-state index contributed by atoms with van der Waals surface area (Å²) in [6.45, 7) is 1.91. The summed E-state index contributed by atoms with van der Waals surface area (Å²) >= 11 is 6.28. The third kappa shape index (κ3) is 5.24. The first-order chi connectivity index (χ1) is 16.5. The van der Waals surface area contributed by atoms with E-state index in [9.17, 15) is 31.5 Å². The zero-order valence-electron chi connectivity index (χ0n) is 18.3. The van der Waals surface area contributed by atoms with Gasteiger partial charge in [-0.2, -0.15) is 13.2 Å². The van der Waals surface area contributed by atoms with Gasteiger partial charge in [-0.15, -0.1) is 0 Å². The van der Waals surface area contributed by atoms with Crippen molar-refractivity contribution in [2.24, 2.45) is 0 Å². The van der Waals surface area contributed by atoms with Gasteiger partial charge >= 0.3 is 6.18 Å². The fourth-order valence-corrected chi connectivity index (χ4v) is 3.95. The smallest absolute Gasteiger partial charge is 0.349 e. The lowest BCUT2D eigenvalue weighted by atomic mass is 10.0. The van der Waals surface area contributed by atoms with Crippen molar-refractivity contribution in [3.8, 4) is 0 Å². The molecular weight excluding hydrogens is 495 g/mol. The van der Waals surface area contributed by atoms with Crippen LogP contribution in [0.4, 0.5) is 22.0 Å². The molecule has 1 atom stereocenters. The molecular formula is C23H20ClF5N4O2. The number of rotatable bonds is 7. The summed E-state index contributed by atoms with van der Waals surface area (Å²) in [5.74, 6) is -1.64. The number of hydrogen-bond acceptors (Lipinski definition) is 3. The molecule has 35 heavy (non-hydrogen) atoms. The molecule has 0 radical (unpaired) electrons. The number of imidazole rings is 1. The zero-order valence-corrected chi connectivity index (χ0v) is 19.1. The second kappa shape index (κ2) is 9.44. The van der Waals surface area contributed by atoms with Crippen LogP contribution >= 0.6 is 11.6 Å². The van der Waals surface area contributed by atoms with Crippen LogP contribution in [0.2, 0.25) is 5.02 Å². The Morgan fingerprint density at radius 3 is 2.49 bits per heavy atom. The van der Waals surface area contributed by atoms with Crippen molar-refractivity contribution in [2.75, 3.05) is 0 Å². The van der Waals surface area contributed by atoms with Gasteiger partial charge in [0.15, 0.2) is 5.82 Å². The molecule has 3 aromatic rings. The average molecular weight is 515 g/mol. The van der Waals surface area contributed by atoms with Gasteiger partial charge in [-0.25, -0.2) is 13.8 Å². The maximum Gasteiger partial charge on any atom is 0.416 e. The quantitative estimate of drug-likeness (QED) is 0.417. The van der Waals surface area contributed by atoms with Gasteiger partial charge in [-0.05, 0) is 49.6 Å². The van der Waals surface area contributed by atoms with E-state index >= 15 is 0 Å². The van der Waals surface area contributed by atoms with Gasteiger partial charge in [0.2, 0.25) is 0 Å². The topological polar surface area (TPSA) is 76.0 Å². The zero-order chi connectivity index (χ0) is 25.5. The lowest BCUT2D eigenvalue weighted by molar-refractivity contribution is -0.137. The molecule has 6 nitrogen and oxygen atoms in total. The number of nitrogens with one attached hydrogen (secondary N) is 2. The lowest BCUT2D eigenvalue weighted by Gasteiger charge is -2.19.